The first-order valence-corrected chi connectivity index (χ1v) is 8.13. The molecule has 5 heteroatoms. The van der Waals surface area contributed by atoms with Gasteiger partial charge in [-0.2, -0.15) is 0 Å². The van der Waals surface area contributed by atoms with Crippen molar-refractivity contribution < 1.29 is 14.5 Å². The molecule has 0 aliphatic rings. The van der Waals surface area contributed by atoms with Crippen molar-refractivity contribution in [2.75, 3.05) is 0 Å². The number of carbonyl (C=O) groups is 1. The lowest BCUT2D eigenvalue weighted by Crippen LogP contribution is -2.14. The minimum absolute atomic E-state index is 0.101. The zero-order chi connectivity index (χ0) is 18.5. The summed E-state index contributed by atoms with van der Waals surface area (Å²) in [7, 11) is 0. The number of ether oxygens (including phenoxy) is 1. The van der Waals surface area contributed by atoms with Gasteiger partial charge in [0.2, 0.25) is 0 Å². The van der Waals surface area contributed by atoms with Crippen LogP contribution in [0.25, 0.3) is 0 Å². The molecule has 3 aromatic carbocycles. The van der Waals surface area contributed by atoms with Gasteiger partial charge in [-0.25, -0.2) is 4.79 Å². The molecule has 0 saturated heterocycles. The normalized spacial score (nSPS) is 10.5. The van der Waals surface area contributed by atoms with Gasteiger partial charge in [-0.15, -0.1) is 0 Å². The summed E-state index contributed by atoms with van der Waals surface area (Å²) in [5.41, 5.74) is 2.04. The van der Waals surface area contributed by atoms with E-state index in [1.54, 1.807) is 6.92 Å². The average molecular weight is 347 g/mol. The van der Waals surface area contributed by atoms with Gasteiger partial charge in [0.25, 0.3) is 5.69 Å². The topological polar surface area (TPSA) is 69.4 Å². The number of nitro groups is 1. The van der Waals surface area contributed by atoms with Gasteiger partial charge in [0, 0.05) is 11.6 Å². The van der Waals surface area contributed by atoms with Gasteiger partial charge < -0.3 is 4.74 Å². The predicted molar refractivity (Wildman–Crippen MR) is 98.0 cm³/mol. The molecule has 3 rings (SSSR count). The van der Waals surface area contributed by atoms with Crippen molar-refractivity contribution in [2.24, 2.45) is 0 Å². The molecule has 0 spiro atoms. The Bertz CT molecular complexity index is 884. The first-order valence-electron chi connectivity index (χ1n) is 8.13. The molecule has 26 heavy (non-hydrogen) atoms. The lowest BCUT2D eigenvalue weighted by Gasteiger charge is -2.19. The highest BCUT2D eigenvalue weighted by atomic mass is 16.6. The second-order valence-corrected chi connectivity index (χ2v) is 5.81. The third kappa shape index (κ3) is 3.62. The second-order valence-electron chi connectivity index (χ2n) is 5.81. The third-order valence-corrected chi connectivity index (χ3v) is 4.15. The van der Waals surface area contributed by atoms with Crippen LogP contribution in [0.5, 0.6) is 0 Å². The summed E-state index contributed by atoms with van der Waals surface area (Å²) in [6.07, 6.45) is -0.594. The molecule has 3 aromatic rings. The third-order valence-electron chi connectivity index (χ3n) is 4.15. The van der Waals surface area contributed by atoms with Crippen LogP contribution in [0.2, 0.25) is 0 Å². The van der Waals surface area contributed by atoms with E-state index < -0.39 is 17.0 Å². The molecule has 0 N–H and O–H groups in total. The van der Waals surface area contributed by atoms with Gasteiger partial charge in [0.05, 0.1) is 10.5 Å². The monoisotopic (exact) mass is 347 g/mol. The Morgan fingerprint density at radius 2 is 1.42 bits per heavy atom. The number of esters is 1. The molecule has 130 valence electrons. The fourth-order valence-electron chi connectivity index (χ4n) is 2.80. The van der Waals surface area contributed by atoms with E-state index in [-0.39, 0.29) is 11.3 Å². The Balaban J connectivity index is 1.97. The molecule has 0 fully saturated rings. The van der Waals surface area contributed by atoms with Crippen molar-refractivity contribution in [1.82, 2.24) is 0 Å². The maximum Gasteiger partial charge on any atom is 0.339 e. The highest BCUT2D eigenvalue weighted by Crippen LogP contribution is 2.29. The van der Waals surface area contributed by atoms with Crippen LogP contribution in [0, 0.1) is 17.0 Å². The van der Waals surface area contributed by atoms with Gasteiger partial charge in [0.15, 0.2) is 6.10 Å². The molecule has 0 unspecified atom stereocenters. The van der Waals surface area contributed by atoms with Crippen LogP contribution in [-0.4, -0.2) is 10.9 Å². The standard InChI is InChI=1S/C21H17NO4/c1-15-18(13-8-14-19(15)22(24)25)21(23)26-20(16-9-4-2-5-10-16)17-11-6-3-7-12-17/h2-14,20H,1H3. The highest BCUT2D eigenvalue weighted by Gasteiger charge is 2.23. The van der Waals surface area contributed by atoms with E-state index in [4.69, 9.17) is 4.74 Å². The summed E-state index contributed by atoms with van der Waals surface area (Å²) in [4.78, 5) is 23.4. The molecule has 0 heterocycles. The Kier molecular flexibility index (Phi) is 5.08. The van der Waals surface area contributed by atoms with Crippen LogP contribution in [0.3, 0.4) is 0 Å². The minimum Gasteiger partial charge on any atom is -0.449 e. The van der Waals surface area contributed by atoms with Crippen LogP contribution in [0.1, 0.15) is 33.2 Å². The molecule has 0 atom stereocenters. The summed E-state index contributed by atoms with van der Waals surface area (Å²) in [5.74, 6) is -0.594. The first-order chi connectivity index (χ1) is 12.6. The lowest BCUT2D eigenvalue weighted by atomic mass is 10.0. The summed E-state index contributed by atoms with van der Waals surface area (Å²) >= 11 is 0. The summed E-state index contributed by atoms with van der Waals surface area (Å²) in [5, 5.41) is 11.1. The van der Waals surface area contributed by atoms with E-state index in [0.29, 0.717) is 5.56 Å². The van der Waals surface area contributed by atoms with Crippen LogP contribution < -0.4 is 0 Å². The Morgan fingerprint density at radius 1 is 0.885 bits per heavy atom. The van der Waals surface area contributed by atoms with E-state index in [0.717, 1.165) is 11.1 Å². The number of rotatable bonds is 5. The van der Waals surface area contributed by atoms with Crippen molar-refractivity contribution in [3.05, 3.63) is 111 Å². The summed E-state index contributed by atoms with van der Waals surface area (Å²) in [6, 6.07) is 23.2. The van der Waals surface area contributed by atoms with E-state index in [1.807, 2.05) is 60.7 Å². The maximum atomic E-state index is 12.8. The fourth-order valence-corrected chi connectivity index (χ4v) is 2.80. The van der Waals surface area contributed by atoms with Crippen LogP contribution in [-0.2, 0) is 4.74 Å². The Morgan fingerprint density at radius 3 is 1.92 bits per heavy atom. The van der Waals surface area contributed by atoms with Gasteiger partial charge in [-0.05, 0) is 24.1 Å². The van der Waals surface area contributed by atoms with Crippen molar-refractivity contribution >= 4 is 11.7 Å². The highest BCUT2D eigenvalue weighted by molar-refractivity contribution is 5.92. The Hall–Kier alpha value is -3.47. The van der Waals surface area contributed by atoms with Gasteiger partial charge in [-0.1, -0.05) is 66.7 Å². The van der Waals surface area contributed by atoms with Crippen molar-refractivity contribution in [1.29, 1.82) is 0 Å². The number of benzene rings is 3. The van der Waals surface area contributed by atoms with Gasteiger partial charge in [0.1, 0.15) is 0 Å². The Labute approximate surface area is 151 Å². The van der Waals surface area contributed by atoms with Gasteiger partial charge in [-0.3, -0.25) is 10.1 Å². The van der Waals surface area contributed by atoms with E-state index in [9.17, 15) is 14.9 Å². The molecule has 0 saturated carbocycles. The van der Waals surface area contributed by atoms with Crippen LogP contribution >= 0.6 is 0 Å². The number of hydrogen-bond acceptors (Lipinski definition) is 4. The molecular formula is C21H17NO4. The molecule has 0 radical (unpaired) electrons. The molecule has 0 bridgehead atoms. The molecule has 0 amide bonds. The first kappa shape index (κ1) is 17.4. The molecule has 0 aliphatic carbocycles. The molecular weight excluding hydrogens is 330 g/mol. The largest absolute Gasteiger partial charge is 0.449 e. The zero-order valence-corrected chi connectivity index (χ0v) is 14.2. The molecule has 5 nitrogen and oxygen atoms in total. The van der Waals surface area contributed by atoms with E-state index in [1.165, 1.54) is 18.2 Å². The van der Waals surface area contributed by atoms with Gasteiger partial charge >= 0.3 is 5.97 Å². The number of hydrogen-bond donors (Lipinski definition) is 0. The maximum absolute atomic E-state index is 12.8. The predicted octanol–water partition coefficient (Wildman–Crippen LogP) is 4.85. The SMILES string of the molecule is Cc1c(C(=O)OC(c2ccccc2)c2ccccc2)cccc1[N+](=O)[O-]. The smallest absolute Gasteiger partial charge is 0.339 e. The van der Waals surface area contributed by atoms with Crippen molar-refractivity contribution in [2.45, 2.75) is 13.0 Å². The zero-order valence-electron chi connectivity index (χ0n) is 14.2. The number of carbonyl (C=O) groups excluding carboxylic acids is 1. The molecule has 0 aromatic heterocycles. The fraction of sp³-hybridized carbons (Fsp3) is 0.0952. The second kappa shape index (κ2) is 7.61. The lowest BCUT2D eigenvalue weighted by molar-refractivity contribution is -0.385. The summed E-state index contributed by atoms with van der Waals surface area (Å²) < 4.78 is 5.76. The minimum atomic E-state index is -0.594. The quantitative estimate of drug-likeness (QED) is 0.376. The van der Waals surface area contributed by atoms with Crippen molar-refractivity contribution in [3.63, 3.8) is 0 Å². The average Bonchev–Trinajstić information content (AvgIpc) is 2.67. The van der Waals surface area contributed by atoms with Crippen LogP contribution in [0.15, 0.2) is 78.9 Å². The van der Waals surface area contributed by atoms with E-state index >= 15 is 0 Å². The van der Waals surface area contributed by atoms with E-state index in [2.05, 4.69) is 0 Å². The van der Waals surface area contributed by atoms with Crippen LogP contribution in [0.4, 0.5) is 5.69 Å². The summed E-state index contributed by atoms with van der Waals surface area (Å²) in [6.45, 7) is 1.55. The number of nitrogens with zero attached hydrogens (tertiary/aromatic N) is 1. The molecule has 0 aliphatic heterocycles. The number of nitro benzene ring substituents is 1. The van der Waals surface area contributed by atoms with Crippen molar-refractivity contribution in [3.8, 4) is 0 Å².